The molecule has 1 saturated carbocycles. The lowest BCUT2D eigenvalue weighted by molar-refractivity contribution is 0.122. The molecule has 0 bridgehead atoms. The monoisotopic (exact) mass is 258 g/mol. The van der Waals surface area contributed by atoms with Crippen molar-refractivity contribution in [3.63, 3.8) is 0 Å². The van der Waals surface area contributed by atoms with Crippen LogP contribution in [0.1, 0.15) is 18.9 Å². The molecule has 2 atom stereocenters. The molecule has 0 amide bonds. The standard InChI is InChI=1S/C16H22N2O/c1-15-10-16(15,12-17-11-15)13-4-2-3-5-14(13)18-6-8-19-9-7-18/h2-5,17H,6-12H2,1H3. The molecule has 2 heterocycles. The third-order valence-corrected chi connectivity index (χ3v) is 5.44. The molecule has 0 radical (unpaired) electrons. The predicted octanol–water partition coefficient (Wildman–Crippen LogP) is 1.77. The number of hydrogen-bond donors (Lipinski definition) is 1. The van der Waals surface area contributed by atoms with Gasteiger partial charge in [-0.3, -0.25) is 0 Å². The van der Waals surface area contributed by atoms with Crippen molar-refractivity contribution in [1.29, 1.82) is 0 Å². The van der Waals surface area contributed by atoms with Gasteiger partial charge in [0.15, 0.2) is 0 Å². The Bertz CT molecular complexity index is 493. The molecule has 1 aromatic carbocycles. The maximum Gasteiger partial charge on any atom is 0.0642 e. The van der Waals surface area contributed by atoms with Crippen molar-refractivity contribution in [3.05, 3.63) is 29.8 Å². The second-order valence-corrected chi connectivity index (χ2v) is 6.54. The third kappa shape index (κ3) is 1.58. The molecule has 3 aliphatic rings. The first-order valence-corrected chi connectivity index (χ1v) is 7.38. The fraction of sp³-hybridized carbons (Fsp3) is 0.625. The van der Waals surface area contributed by atoms with Gasteiger partial charge < -0.3 is 15.0 Å². The molecule has 2 aliphatic heterocycles. The van der Waals surface area contributed by atoms with Crippen LogP contribution in [0.3, 0.4) is 0 Å². The van der Waals surface area contributed by atoms with E-state index in [1.165, 1.54) is 18.7 Å². The van der Waals surface area contributed by atoms with E-state index in [2.05, 4.69) is 41.4 Å². The minimum Gasteiger partial charge on any atom is -0.378 e. The highest BCUT2D eigenvalue weighted by Crippen LogP contribution is 2.67. The lowest BCUT2D eigenvalue weighted by atomic mass is 9.88. The van der Waals surface area contributed by atoms with E-state index in [0.717, 1.165) is 32.8 Å². The van der Waals surface area contributed by atoms with Crippen LogP contribution in [-0.4, -0.2) is 39.4 Å². The highest BCUT2D eigenvalue weighted by Gasteiger charge is 2.68. The Hall–Kier alpha value is -1.06. The maximum atomic E-state index is 5.49. The van der Waals surface area contributed by atoms with Gasteiger partial charge in [0.25, 0.3) is 0 Å². The van der Waals surface area contributed by atoms with Crippen molar-refractivity contribution in [1.82, 2.24) is 5.32 Å². The molecule has 0 aromatic heterocycles. The zero-order valence-electron chi connectivity index (χ0n) is 11.6. The van der Waals surface area contributed by atoms with E-state index in [9.17, 15) is 0 Å². The SMILES string of the molecule is CC12CNCC1(c1ccccc1N1CCOCC1)C2. The Morgan fingerprint density at radius 2 is 1.95 bits per heavy atom. The molecule has 3 nitrogen and oxygen atoms in total. The third-order valence-electron chi connectivity index (χ3n) is 5.44. The molecule has 2 saturated heterocycles. The number of anilines is 1. The van der Waals surface area contributed by atoms with E-state index in [1.54, 1.807) is 5.56 Å². The zero-order chi connectivity index (χ0) is 12.9. The molecule has 0 spiro atoms. The van der Waals surface area contributed by atoms with Gasteiger partial charge in [-0.2, -0.15) is 0 Å². The number of nitrogens with zero attached hydrogens (tertiary/aromatic N) is 1. The van der Waals surface area contributed by atoms with E-state index < -0.39 is 0 Å². The fourth-order valence-electron chi connectivity index (χ4n) is 4.16. The largest absolute Gasteiger partial charge is 0.378 e. The number of piperidine rings is 1. The molecular weight excluding hydrogens is 236 g/mol. The van der Waals surface area contributed by atoms with Gasteiger partial charge >= 0.3 is 0 Å². The first kappa shape index (κ1) is 11.7. The second kappa shape index (κ2) is 3.97. The molecule has 3 fully saturated rings. The summed E-state index contributed by atoms with van der Waals surface area (Å²) in [7, 11) is 0. The smallest absolute Gasteiger partial charge is 0.0642 e. The summed E-state index contributed by atoms with van der Waals surface area (Å²) in [6.45, 7) is 8.51. The molecule has 1 aromatic rings. The summed E-state index contributed by atoms with van der Waals surface area (Å²) in [5, 5.41) is 3.59. The van der Waals surface area contributed by atoms with Gasteiger partial charge in [0.05, 0.1) is 13.2 Å². The predicted molar refractivity (Wildman–Crippen MR) is 76.7 cm³/mol. The van der Waals surface area contributed by atoms with Crippen LogP contribution in [0.15, 0.2) is 24.3 Å². The minimum absolute atomic E-state index is 0.391. The molecule has 102 valence electrons. The summed E-state index contributed by atoms with van der Waals surface area (Å²) in [5.41, 5.74) is 3.87. The lowest BCUT2D eigenvalue weighted by Crippen LogP contribution is -2.37. The van der Waals surface area contributed by atoms with E-state index in [0.29, 0.717) is 10.8 Å². The Morgan fingerprint density at radius 1 is 1.16 bits per heavy atom. The van der Waals surface area contributed by atoms with Gasteiger partial charge in [0, 0.05) is 37.3 Å². The van der Waals surface area contributed by atoms with E-state index >= 15 is 0 Å². The topological polar surface area (TPSA) is 24.5 Å². The summed E-state index contributed by atoms with van der Waals surface area (Å²) in [6, 6.07) is 9.02. The first-order valence-electron chi connectivity index (χ1n) is 7.38. The van der Waals surface area contributed by atoms with Gasteiger partial charge in [-0.25, -0.2) is 0 Å². The summed E-state index contributed by atoms with van der Waals surface area (Å²) in [5.74, 6) is 0. The molecule has 3 heteroatoms. The fourth-order valence-corrected chi connectivity index (χ4v) is 4.16. The van der Waals surface area contributed by atoms with Crippen molar-refractivity contribution < 1.29 is 4.74 Å². The highest BCUT2D eigenvalue weighted by molar-refractivity contribution is 5.61. The van der Waals surface area contributed by atoms with E-state index in [1.807, 2.05) is 0 Å². The average Bonchev–Trinajstić information content (AvgIpc) is 2.93. The molecule has 2 unspecified atom stereocenters. The number of nitrogens with one attached hydrogen (secondary N) is 1. The number of benzene rings is 1. The number of morpholine rings is 1. The average molecular weight is 258 g/mol. The summed E-state index contributed by atoms with van der Waals surface area (Å²) >= 11 is 0. The van der Waals surface area contributed by atoms with Gasteiger partial charge in [-0.05, 0) is 23.5 Å². The quantitative estimate of drug-likeness (QED) is 0.875. The summed E-state index contributed by atoms with van der Waals surface area (Å²) in [4.78, 5) is 2.50. The van der Waals surface area contributed by atoms with E-state index in [-0.39, 0.29) is 0 Å². The number of hydrogen-bond acceptors (Lipinski definition) is 3. The van der Waals surface area contributed by atoms with Gasteiger partial charge in [-0.1, -0.05) is 25.1 Å². The number of ether oxygens (including phenoxy) is 1. The molecule has 19 heavy (non-hydrogen) atoms. The van der Waals surface area contributed by atoms with Gasteiger partial charge in [-0.15, -0.1) is 0 Å². The van der Waals surface area contributed by atoms with Crippen LogP contribution in [0.5, 0.6) is 0 Å². The molecule has 1 N–H and O–H groups in total. The van der Waals surface area contributed by atoms with Crippen molar-refractivity contribution >= 4 is 5.69 Å². The van der Waals surface area contributed by atoms with E-state index in [4.69, 9.17) is 4.74 Å². The summed E-state index contributed by atoms with van der Waals surface area (Å²) < 4.78 is 5.49. The second-order valence-electron chi connectivity index (χ2n) is 6.54. The zero-order valence-corrected chi connectivity index (χ0v) is 11.6. The Kier molecular flexibility index (Phi) is 2.45. The van der Waals surface area contributed by atoms with Gasteiger partial charge in [0.2, 0.25) is 0 Å². The van der Waals surface area contributed by atoms with Crippen LogP contribution in [0, 0.1) is 5.41 Å². The highest BCUT2D eigenvalue weighted by atomic mass is 16.5. The first-order chi connectivity index (χ1) is 9.25. The van der Waals surface area contributed by atoms with Crippen LogP contribution in [0.25, 0.3) is 0 Å². The summed E-state index contributed by atoms with van der Waals surface area (Å²) in [6.07, 6.45) is 1.34. The van der Waals surface area contributed by atoms with Crippen molar-refractivity contribution in [3.8, 4) is 0 Å². The Morgan fingerprint density at radius 3 is 2.63 bits per heavy atom. The van der Waals surface area contributed by atoms with Gasteiger partial charge in [0.1, 0.15) is 0 Å². The van der Waals surface area contributed by atoms with Crippen LogP contribution < -0.4 is 10.2 Å². The molecule has 1 aliphatic carbocycles. The maximum absolute atomic E-state index is 5.49. The van der Waals surface area contributed by atoms with Crippen molar-refractivity contribution in [2.24, 2.45) is 5.41 Å². The molecular formula is C16H22N2O. The lowest BCUT2D eigenvalue weighted by Gasteiger charge is -2.32. The van der Waals surface area contributed by atoms with Crippen LogP contribution in [0.2, 0.25) is 0 Å². The Labute approximate surface area is 114 Å². The van der Waals surface area contributed by atoms with Crippen LogP contribution in [0.4, 0.5) is 5.69 Å². The number of fused-ring (bicyclic) bond motifs is 1. The van der Waals surface area contributed by atoms with Crippen molar-refractivity contribution in [2.45, 2.75) is 18.8 Å². The van der Waals surface area contributed by atoms with Crippen LogP contribution in [-0.2, 0) is 10.2 Å². The number of rotatable bonds is 2. The van der Waals surface area contributed by atoms with Crippen molar-refractivity contribution in [2.75, 3.05) is 44.3 Å². The minimum atomic E-state index is 0.391. The van der Waals surface area contributed by atoms with Crippen LogP contribution >= 0.6 is 0 Å². The molecule has 4 rings (SSSR count). The number of para-hydroxylation sites is 1. The Balaban J connectivity index is 1.73. The normalized spacial score (nSPS) is 37.2.